The lowest BCUT2D eigenvalue weighted by atomic mass is 9.90. The molecular weight excluding hydrogens is 368 g/mol. The Balaban J connectivity index is 2.30. The summed E-state index contributed by atoms with van der Waals surface area (Å²) >= 11 is 0. The van der Waals surface area contributed by atoms with E-state index >= 15 is 0 Å². The molecule has 2 rings (SSSR count). The van der Waals surface area contributed by atoms with E-state index in [4.69, 9.17) is 8.85 Å². The molecule has 0 heterocycles. The Hall–Kier alpha value is 0.0238. The minimum Gasteiger partial charge on any atom is -0.411 e. The zero-order valence-electron chi connectivity index (χ0n) is 18.8. The first-order valence-electron chi connectivity index (χ1n) is 11.8. The van der Waals surface area contributed by atoms with Crippen molar-refractivity contribution in [2.75, 3.05) is 0 Å². The lowest BCUT2D eigenvalue weighted by molar-refractivity contribution is -0.119. The van der Waals surface area contributed by atoms with Crippen LogP contribution in [0.3, 0.4) is 0 Å². The molecule has 0 amide bonds. The number of hydrogen-bond donors (Lipinski definition) is 0. The predicted molar refractivity (Wildman–Crippen MR) is 119 cm³/mol. The summed E-state index contributed by atoms with van der Waals surface area (Å²) in [5.41, 5.74) is 0. The molecule has 5 heteroatoms. The van der Waals surface area contributed by atoms with Crippen molar-refractivity contribution in [3.8, 4) is 0 Å². The molecule has 0 bridgehead atoms. The van der Waals surface area contributed by atoms with Crippen molar-refractivity contribution in [1.29, 1.82) is 0 Å². The van der Waals surface area contributed by atoms with Gasteiger partial charge in [0.15, 0.2) is 16.6 Å². The molecule has 0 saturated heterocycles. The lowest BCUT2D eigenvalue weighted by Crippen LogP contribution is -2.49. The fraction of sp³-hybridized carbons (Fsp3) is 0.955. The first-order chi connectivity index (χ1) is 12.9. The topological polar surface area (TPSA) is 35.5 Å². The van der Waals surface area contributed by atoms with Gasteiger partial charge in [-0.25, -0.2) is 0 Å². The summed E-state index contributed by atoms with van der Waals surface area (Å²) in [6.07, 6.45) is 5.27. The van der Waals surface area contributed by atoms with Gasteiger partial charge in [0, 0.05) is 12.8 Å². The molecule has 0 radical (unpaired) electrons. The summed E-state index contributed by atoms with van der Waals surface area (Å²) in [6, 6.07) is 7.15. The van der Waals surface area contributed by atoms with Gasteiger partial charge in [-0.1, -0.05) is 41.5 Å². The van der Waals surface area contributed by atoms with Crippen LogP contribution in [0.1, 0.15) is 73.6 Å². The standard InChI is InChI=1S/C22H44O3Si2/c1-7-26(8-2,9-3)24-21-17-18-16-19(23)14-13-15-20(18)22(21)25-27(10-4,11-5)12-6/h18,20-22H,7-17H2,1-6H3/t18-,20-,21+,22-/m1/s1. The molecule has 0 spiro atoms. The van der Waals surface area contributed by atoms with Crippen LogP contribution in [0.15, 0.2) is 0 Å². The summed E-state index contributed by atoms with van der Waals surface area (Å²) in [4.78, 5) is 12.3. The highest BCUT2D eigenvalue weighted by atomic mass is 28.4. The molecule has 0 unspecified atom stereocenters. The predicted octanol–water partition coefficient (Wildman–Crippen LogP) is 6.55. The zero-order chi connectivity index (χ0) is 20.1. The average molecular weight is 413 g/mol. The minimum atomic E-state index is -1.69. The Labute approximate surface area is 170 Å². The molecule has 27 heavy (non-hydrogen) atoms. The average Bonchev–Trinajstić information content (AvgIpc) is 2.87. The SMILES string of the molecule is CC[Si](CC)(CC)O[C@@H]1[C@@H]2CCCC(=O)C[C@@H]2C[C@@H]1O[Si](CC)(CC)CC. The van der Waals surface area contributed by atoms with Crippen LogP contribution in [0.2, 0.25) is 36.3 Å². The van der Waals surface area contributed by atoms with E-state index in [0.717, 1.165) is 32.1 Å². The van der Waals surface area contributed by atoms with Crippen LogP contribution in [0.4, 0.5) is 0 Å². The molecule has 2 aliphatic carbocycles. The summed E-state index contributed by atoms with van der Waals surface area (Å²) in [6.45, 7) is 13.9. The Morgan fingerprint density at radius 3 is 1.89 bits per heavy atom. The van der Waals surface area contributed by atoms with Crippen molar-refractivity contribution in [2.24, 2.45) is 11.8 Å². The molecule has 2 aliphatic rings. The van der Waals surface area contributed by atoms with Crippen LogP contribution in [-0.4, -0.2) is 34.6 Å². The maximum atomic E-state index is 12.3. The van der Waals surface area contributed by atoms with Gasteiger partial charge in [-0.3, -0.25) is 4.79 Å². The fourth-order valence-corrected chi connectivity index (χ4v) is 11.4. The van der Waals surface area contributed by atoms with E-state index in [9.17, 15) is 4.79 Å². The van der Waals surface area contributed by atoms with Crippen LogP contribution >= 0.6 is 0 Å². The second-order valence-electron chi connectivity index (χ2n) is 9.02. The van der Waals surface area contributed by atoms with E-state index < -0.39 is 16.6 Å². The molecule has 3 nitrogen and oxygen atoms in total. The van der Waals surface area contributed by atoms with Crippen LogP contribution in [-0.2, 0) is 13.6 Å². The Morgan fingerprint density at radius 2 is 1.37 bits per heavy atom. The highest BCUT2D eigenvalue weighted by molar-refractivity contribution is 6.74. The Kier molecular flexibility index (Phi) is 8.78. The number of hydrogen-bond acceptors (Lipinski definition) is 3. The Morgan fingerprint density at radius 1 is 0.852 bits per heavy atom. The van der Waals surface area contributed by atoms with Crippen LogP contribution in [0.25, 0.3) is 0 Å². The highest BCUT2D eigenvalue weighted by Crippen LogP contribution is 2.46. The fourth-order valence-electron chi connectivity index (χ4n) is 5.60. The van der Waals surface area contributed by atoms with E-state index in [1.807, 2.05) is 0 Å². The molecule has 2 saturated carbocycles. The number of fused-ring (bicyclic) bond motifs is 1. The van der Waals surface area contributed by atoms with Crippen molar-refractivity contribution in [3.63, 3.8) is 0 Å². The molecule has 0 N–H and O–H groups in total. The summed E-state index contributed by atoms with van der Waals surface area (Å²) in [7, 11) is -3.36. The smallest absolute Gasteiger partial charge is 0.192 e. The van der Waals surface area contributed by atoms with Crippen molar-refractivity contribution in [3.05, 3.63) is 0 Å². The highest BCUT2D eigenvalue weighted by Gasteiger charge is 2.50. The molecule has 0 aromatic rings. The number of carbonyl (C=O) groups excluding carboxylic acids is 1. The van der Waals surface area contributed by atoms with Gasteiger partial charge in [0.05, 0.1) is 12.2 Å². The lowest BCUT2D eigenvalue weighted by Gasteiger charge is -2.40. The van der Waals surface area contributed by atoms with Gasteiger partial charge >= 0.3 is 0 Å². The van der Waals surface area contributed by atoms with Gasteiger partial charge in [0.25, 0.3) is 0 Å². The monoisotopic (exact) mass is 412 g/mol. The van der Waals surface area contributed by atoms with Crippen molar-refractivity contribution >= 4 is 22.4 Å². The van der Waals surface area contributed by atoms with Crippen LogP contribution in [0.5, 0.6) is 0 Å². The second-order valence-corrected chi connectivity index (χ2v) is 18.5. The number of Topliss-reactive ketones (excluding diaryl/α,β-unsaturated/α-hetero) is 1. The molecule has 0 aromatic heterocycles. The van der Waals surface area contributed by atoms with E-state index in [-0.39, 0.29) is 12.2 Å². The van der Waals surface area contributed by atoms with Crippen molar-refractivity contribution in [1.82, 2.24) is 0 Å². The zero-order valence-corrected chi connectivity index (χ0v) is 20.8. The van der Waals surface area contributed by atoms with E-state index in [1.165, 1.54) is 36.3 Å². The number of rotatable bonds is 10. The summed E-state index contributed by atoms with van der Waals surface area (Å²) < 4.78 is 14.2. The van der Waals surface area contributed by atoms with Crippen molar-refractivity contribution in [2.45, 2.75) is 122 Å². The molecule has 0 aliphatic heterocycles. The quantitative estimate of drug-likeness (QED) is 0.382. The van der Waals surface area contributed by atoms with Crippen molar-refractivity contribution < 1.29 is 13.6 Å². The normalized spacial score (nSPS) is 29.6. The minimum absolute atomic E-state index is 0.231. The third kappa shape index (κ3) is 5.15. The van der Waals surface area contributed by atoms with Gasteiger partial charge in [-0.05, 0) is 67.4 Å². The third-order valence-corrected chi connectivity index (χ3v) is 17.4. The van der Waals surface area contributed by atoms with Gasteiger partial charge in [-0.15, -0.1) is 0 Å². The van der Waals surface area contributed by atoms with Crippen LogP contribution < -0.4 is 0 Å². The molecule has 2 fully saturated rings. The second kappa shape index (κ2) is 10.2. The summed E-state index contributed by atoms with van der Waals surface area (Å²) in [5.74, 6) is 1.50. The van der Waals surface area contributed by atoms with Crippen LogP contribution in [0, 0.1) is 11.8 Å². The first-order valence-corrected chi connectivity index (χ1v) is 16.8. The van der Waals surface area contributed by atoms with E-state index in [2.05, 4.69) is 41.5 Å². The maximum Gasteiger partial charge on any atom is 0.192 e. The summed E-state index contributed by atoms with van der Waals surface area (Å²) in [5, 5.41) is 0. The Bertz CT molecular complexity index is 458. The van der Waals surface area contributed by atoms with Gasteiger partial charge in [0.1, 0.15) is 5.78 Å². The molecule has 158 valence electrons. The molecule has 4 atom stereocenters. The third-order valence-electron chi connectivity index (χ3n) is 8.07. The number of ketones is 1. The number of carbonyl (C=O) groups is 1. The van der Waals surface area contributed by atoms with Gasteiger partial charge < -0.3 is 8.85 Å². The first kappa shape index (κ1) is 23.3. The molecular formula is C22H44O3Si2. The van der Waals surface area contributed by atoms with E-state index in [1.54, 1.807) is 0 Å². The largest absolute Gasteiger partial charge is 0.411 e. The molecule has 0 aromatic carbocycles. The van der Waals surface area contributed by atoms with Gasteiger partial charge in [0.2, 0.25) is 0 Å². The van der Waals surface area contributed by atoms with Gasteiger partial charge in [-0.2, -0.15) is 0 Å². The maximum absolute atomic E-state index is 12.3. The van der Waals surface area contributed by atoms with E-state index in [0.29, 0.717) is 17.6 Å².